The molecule has 1 fully saturated rings. The number of aliphatic hydroxyl groups excluding tert-OH is 1. The maximum atomic E-state index is 11.6. The molecule has 1 aliphatic rings. The zero-order valence-electron chi connectivity index (χ0n) is 7.91. The zero-order valence-corrected chi connectivity index (χ0v) is 8.73. The van der Waals surface area contributed by atoms with E-state index < -0.39 is 0 Å². The monoisotopic (exact) mass is 212 g/mol. The maximum absolute atomic E-state index is 11.6. The number of rotatable bonds is 3. The molecule has 0 radical (unpaired) electrons. The van der Waals surface area contributed by atoms with Gasteiger partial charge in [-0.15, -0.1) is 11.3 Å². The van der Waals surface area contributed by atoms with E-state index in [1.54, 1.807) is 5.38 Å². The normalized spacial score (nSPS) is 17.9. The van der Waals surface area contributed by atoms with E-state index in [1.165, 1.54) is 11.3 Å². The van der Waals surface area contributed by atoms with Gasteiger partial charge in [-0.05, 0) is 19.8 Å². The van der Waals surface area contributed by atoms with Crippen LogP contribution in [0.5, 0.6) is 0 Å². The van der Waals surface area contributed by atoms with Crippen molar-refractivity contribution in [3.8, 4) is 0 Å². The van der Waals surface area contributed by atoms with Crippen molar-refractivity contribution in [2.24, 2.45) is 0 Å². The molecule has 0 atom stereocenters. The minimum Gasteiger partial charge on any atom is -0.394 e. The number of thiazole rings is 1. The largest absolute Gasteiger partial charge is 0.394 e. The van der Waals surface area contributed by atoms with Crippen LogP contribution < -0.4 is 5.32 Å². The minimum absolute atomic E-state index is 0.0157. The third-order valence-electron chi connectivity index (χ3n) is 2.39. The van der Waals surface area contributed by atoms with Crippen LogP contribution in [0.2, 0.25) is 0 Å². The molecule has 76 valence electrons. The van der Waals surface area contributed by atoms with E-state index in [-0.39, 0.29) is 18.1 Å². The Bertz CT molecular complexity index is 357. The Morgan fingerprint density at radius 3 is 2.93 bits per heavy atom. The standard InChI is InChI=1S/C9H12N2O2S/c1-6-10-7(4-14-6)8(13)11-9(5-12)2-3-9/h4,12H,2-3,5H2,1H3,(H,11,13). The van der Waals surface area contributed by atoms with Crippen LogP contribution in [0.25, 0.3) is 0 Å². The number of hydrogen-bond acceptors (Lipinski definition) is 4. The van der Waals surface area contributed by atoms with Gasteiger partial charge in [0.1, 0.15) is 5.69 Å². The predicted molar refractivity (Wildman–Crippen MR) is 53.4 cm³/mol. The van der Waals surface area contributed by atoms with Gasteiger partial charge in [-0.1, -0.05) is 0 Å². The van der Waals surface area contributed by atoms with Gasteiger partial charge in [-0.25, -0.2) is 4.98 Å². The van der Waals surface area contributed by atoms with E-state index in [9.17, 15) is 4.79 Å². The molecule has 2 rings (SSSR count). The summed E-state index contributed by atoms with van der Waals surface area (Å²) >= 11 is 1.45. The molecule has 0 unspecified atom stereocenters. The fourth-order valence-corrected chi connectivity index (χ4v) is 1.84. The molecule has 4 nitrogen and oxygen atoms in total. The van der Waals surface area contributed by atoms with E-state index in [1.807, 2.05) is 6.92 Å². The number of aryl methyl sites for hydroxylation is 1. The first-order valence-corrected chi connectivity index (χ1v) is 5.39. The van der Waals surface area contributed by atoms with Crippen LogP contribution in [0.1, 0.15) is 28.3 Å². The summed E-state index contributed by atoms with van der Waals surface area (Å²) in [5.74, 6) is -0.180. The molecule has 1 saturated carbocycles. The fourth-order valence-electron chi connectivity index (χ4n) is 1.25. The van der Waals surface area contributed by atoms with Gasteiger partial charge in [-0.2, -0.15) is 0 Å². The average molecular weight is 212 g/mol. The first-order chi connectivity index (χ1) is 6.65. The summed E-state index contributed by atoms with van der Waals surface area (Å²) in [6.45, 7) is 1.88. The maximum Gasteiger partial charge on any atom is 0.271 e. The Labute approximate surface area is 86.0 Å². The lowest BCUT2D eigenvalue weighted by Crippen LogP contribution is -2.39. The van der Waals surface area contributed by atoms with Crippen LogP contribution in [0.15, 0.2) is 5.38 Å². The van der Waals surface area contributed by atoms with Crippen molar-refractivity contribution >= 4 is 17.2 Å². The molecule has 0 aromatic carbocycles. The van der Waals surface area contributed by atoms with E-state index in [0.29, 0.717) is 5.69 Å². The van der Waals surface area contributed by atoms with Gasteiger partial charge in [0.05, 0.1) is 17.2 Å². The summed E-state index contributed by atoms with van der Waals surface area (Å²) in [4.78, 5) is 15.7. The zero-order chi connectivity index (χ0) is 10.2. The summed E-state index contributed by atoms with van der Waals surface area (Å²) in [6, 6.07) is 0. The van der Waals surface area contributed by atoms with Crippen LogP contribution in [0, 0.1) is 6.92 Å². The molecule has 5 heteroatoms. The Morgan fingerprint density at radius 2 is 2.50 bits per heavy atom. The van der Waals surface area contributed by atoms with Crippen LogP contribution in [0.3, 0.4) is 0 Å². The van der Waals surface area contributed by atoms with Gasteiger partial charge < -0.3 is 10.4 Å². The first-order valence-electron chi connectivity index (χ1n) is 4.51. The molecular weight excluding hydrogens is 200 g/mol. The van der Waals surface area contributed by atoms with Crippen molar-refractivity contribution in [3.63, 3.8) is 0 Å². The van der Waals surface area contributed by atoms with Crippen molar-refractivity contribution < 1.29 is 9.90 Å². The number of carbonyl (C=O) groups excluding carboxylic acids is 1. The molecule has 14 heavy (non-hydrogen) atoms. The predicted octanol–water partition coefficient (Wildman–Crippen LogP) is 0.706. The highest BCUT2D eigenvalue weighted by Crippen LogP contribution is 2.34. The number of aliphatic hydroxyl groups is 1. The van der Waals surface area contributed by atoms with Gasteiger partial charge in [-0.3, -0.25) is 4.79 Å². The molecule has 0 saturated heterocycles. The molecule has 1 heterocycles. The van der Waals surface area contributed by atoms with Crippen molar-refractivity contribution in [2.75, 3.05) is 6.61 Å². The first kappa shape index (κ1) is 9.61. The van der Waals surface area contributed by atoms with E-state index >= 15 is 0 Å². The van der Waals surface area contributed by atoms with Gasteiger partial charge in [0, 0.05) is 5.38 Å². The van der Waals surface area contributed by atoms with Crippen molar-refractivity contribution in [1.29, 1.82) is 0 Å². The molecular formula is C9H12N2O2S. The van der Waals surface area contributed by atoms with Crippen molar-refractivity contribution in [2.45, 2.75) is 25.3 Å². The van der Waals surface area contributed by atoms with Crippen LogP contribution in [-0.4, -0.2) is 28.1 Å². The summed E-state index contributed by atoms with van der Waals surface area (Å²) in [7, 11) is 0. The summed E-state index contributed by atoms with van der Waals surface area (Å²) < 4.78 is 0. The van der Waals surface area contributed by atoms with Gasteiger partial charge >= 0.3 is 0 Å². The Balaban J connectivity index is 2.03. The number of nitrogens with zero attached hydrogens (tertiary/aromatic N) is 1. The van der Waals surface area contributed by atoms with E-state index in [2.05, 4.69) is 10.3 Å². The van der Waals surface area contributed by atoms with Crippen LogP contribution >= 0.6 is 11.3 Å². The molecule has 1 aliphatic carbocycles. The number of aromatic nitrogens is 1. The van der Waals surface area contributed by atoms with Crippen molar-refractivity contribution in [3.05, 3.63) is 16.1 Å². The lowest BCUT2D eigenvalue weighted by molar-refractivity contribution is 0.0902. The lowest BCUT2D eigenvalue weighted by Gasteiger charge is -2.12. The second-order valence-electron chi connectivity index (χ2n) is 3.64. The van der Waals surface area contributed by atoms with Gasteiger partial charge in [0.25, 0.3) is 5.91 Å². The third kappa shape index (κ3) is 1.78. The van der Waals surface area contributed by atoms with Crippen LogP contribution in [0.4, 0.5) is 0 Å². The quantitative estimate of drug-likeness (QED) is 0.775. The third-order valence-corrected chi connectivity index (χ3v) is 3.16. The Hall–Kier alpha value is -0.940. The molecule has 1 amide bonds. The van der Waals surface area contributed by atoms with Crippen molar-refractivity contribution in [1.82, 2.24) is 10.3 Å². The molecule has 0 bridgehead atoms. The number of carbonyl (C=O) groups is 1. The Morgan fingerprint density at radius 1 is 1.79 bits per heavy atom. The van der Waals surface area contributed by atoms with E-state index in [4.69, 9.17) is 5.11 Å². The summed E-state index contributed by atoms with van der Waals surface area (Å²) in [5.41, 5.74) is 0.0986. The highest BCUT2D eigenvalue weighted by atomic mass is 32.1. The number of nitrogens with one attached hydrogen (secondary N) is 1. The smallest absolute Gasteiger partial charge is 0.271 e. The van der Waals surface area contributed by atoms with Gasteiger partial charge in [0.15, 0.2) is 0 Å². The second-order valence-corrected chi connectivity index (χ2v) is 4.71. The summed E-state index contributed by atoms with van der Waals surface area (Å²) in [5, 5.41) is 14.4. The molecule has 0 aliphatic heterocycles. The number of amides is 1. The highest BCUT2D eigenvalue weighted by Gasteiger charge is 2.43. The fraction of sp³-hybridized carbons (Fsp3) is 0.556. The summed E-state index contributed by atoms with van der Waals surface area (Å²) in [6.07, 6.45) is 1.72. The van der Waals surface area contributed by atoms with E-state index in [0.717, 1.165) is 17.8 Å². The molecule has 1 aromatic rings. The molecule has 0 spiro atoms. The molecule has 2 N–H and O–H groups in total. The van der Waals surface area contributed by atoms with Gasteiger partial charge in [0.2, 0.25) is 0 Å². The topological polar surface area (TPSA) is 62.2 Å². The molecule has 1 aromatic heterocycles. The Kier molecular flexibility index (Phi) is 2.28. The lowest BCUT2D eigenvalue weighted by atomic mass is 10.3. The number of hydrogen-bond donors (Lipinski definition) is 2. The highest BCUT2D eigenvalue weighted by molar-refractivity contribution is 7.09. The second kappa shape index (κ2) is 3.33. The average Bonchev–Trinajstić information content (AvgIpc) is 2.80. The minimum atomic E-state index is -0.353. The SMILES string of the molecule is Cc1nc(C(=O)NC2(CO)CC2)cs1. The van der Waals surface area contributed by atoms with Crippen LogP contribution in [-0.2, 0) is 0 Å².